The summed E-state index contributed by atoms with van der Waals surface area (Å²) < 4.78 is 5.53. The molecule has 2 aromatic rings. The van der Waals surface area contributed by atoms with Crippen LogP contribution >= 0.6 is 0 Å². The van der Waals surface area contributed by atoms with E-state index in [4.69, 9.17) is 4.42 Å². The van der Waals surface area contributed by atoms with Crippen molar-refractivity contribution in [2.45, 2.75) is 25.8 Å². The summed E-state index contributed by atoms with van der Waals surface area (Å²) in [6.07, 6.45) is 2.49. The molecule has 104 valence electrons. The fourth-order valence-corrected chi connectivity index (χ4v) is 2.28. The molecule has 0 bridgehead atoms. The topological polar surface area (TPSA) is 96.7 Å². The number of carbonyl (C=O) groups excluding carboxylic acids is 1. The van der Waals surface area contributed by atoms with Crippen molar-refractivity contribution in [2.24, 2.45) is 5.92 Å². The number of allylic oxidation sites excluding steroid dienone is 1. The third kappa shape index (κ3) is 2.76. The van der Waals surface area contributed by atoms with Gasteiger partial charge < -0.3 is 9.73 Å². The maximum Gasteiger partial charge on any atom is 0.239 e. The number of amides is 1. The van der Waals surface area contributed by atoms with Crippen LogP contribution in [0.1, 0.15) is 25.0 Å². The van der Waals surface area contributed by atoms with Crippen LogP contribution in [0.2, 0.25) is 0 Å². The molecule has 7 nitrogen and oxygen atoms in total. The Morgan fingerprint density at radius 3 is 3.05 bits per heavy atom. The number of tetrazole rings is 1. The zero-order valence-electron chi connectivity index (χ0n) is 10.9. The second-order valence-corrected chi connectivity index (χ2v) is 5.01. The lowest BCUT2D eigenvalue weighted by Crippen LogP contribution is -2.27. The number of H-pyrrole nitrogens is 1. The molecule has 2 N–H and O–H groups in total. The first kappa shape index (κ1) is 12.6. The van der Waals surface area contributed by atoms with Crippen LogP contribution in [0.15, 0.2) is 28.7 Å². The Morgan fingerprint density at radius 1 is 1.50 bits per heavy atom. The van der Waals surface area contributed by atoms with Gasteiger partial charge in [-0.2, -0.15) is 5.21 Å². The number of nitrogens with one attached hydrogen (secondary N) is 2. The van der Waals surface area contributed by atoms with E-state index in [1.807, 2.05) is 0 Å². The summed E-state index contributed by atoms with van der Waals surface area (Å²) in [4.78, 5) is 11.7. The zero-order valence-corrected chi connectivity index (χ0v) is 10.9. The molecule has 1 amide bonds. The van der Waals surface area contributed by atoms with Gasteiger partial charge in [-0.3, -0.25) is 4.79 Å². The van der Waals surface area contributed by atoms with E-state index in [0.29, 0.717) is 36.2 Å². The smallest absolute Gasteiger partial charge is 0.239 e. The largest absolute Gasteiger partial charge is 0.456 e. The normalized spacial score (nSPS) is 15.1. The molecule has 0 atom stereocenters. The molecular formula is C13H15N5O2. The molecule has 20 heavy (non-hydrogen) atoms. The minimum Gasteiger partial charge on any atom is -0.456 e. The van der Waals surface area contributed by atoms with E-state index in [0.717, 1.165) is 12.8 Å². The number of aromatic amines is 1. The maximum atomic E-state index is 11.7. The first-order valence-corrected chi connectivity index (χ1v) is 6.46. The molecule has 7 heteroatoms. The lowest BCUT2D eigenvalue weighted by molar-refractivity contribution is -0.122. The van der Waals surface area contributed by atoms with E-state index < -0.39 is 0 Å². The van der Waals surface area contributed by atoms with Gasteiger partial charge in [-0.1, -0.05) is 12.2 Å². The first-order valence-electron chi connectivity index (χ1n) is 6.46. The van der Waals surface area contributed by atoms with Crippen molar-refractivity contribution in [3.05, 3.63) is 30.0 Å². The van der Waals surface area contributed by atoms with Crippen LogP contribution in [0.25, 0.3) is 11.6 Å². The van der Waals surface area contributed by atoms with E-state index in [1.165, 1.54) is 5.57 Å². The number of hydrogen-bond donors (Lipinski definition) is 2. The molecule has 1 saturated carbocycles. The average molecular weight is 273 g/mol. The van der Waals surface area contributed by atoms with Gasteiger partial charge in [0.05, 0.1) is 6.54 Å². The van der Waals surface area contributed by atoms with Gasteiger partial charge in [0.25, 0.3) is 0 Å². The van der Waals surface area contributed by atoms with Crippen molar-refractivity contribution in [3.63, 3.8) is 0 Å². The summed E-state index contributed by atoms with van der Waals surface area (Å²) in [5.74, 6) is 2.08. The van der Waals surface area contributed by atoms with Crippen LogP contribution in [0.3, 0.4) is 0 Å². The van der Waals surface area contributed by atoms with Crippen LogP contribution in [-0.4, -0.2) is 26.5 Å². The molecule has 1 aliphatic rings. The number of rotatable bonds is 5. The summed E-state index contributed by atoms with van der Waals surface area (Å²) in [7, 11) is 0. The van der Waals surface area contributed by atoms with Crippen LogP contribution in [0.4, 0.5) is 0 Å². The van der Waals surface area contributed by atoms with Crippen molar-refractivity contribution in [1.82, 2.24) is 25.9 Å². The molecule has 2 aromatic heterocycles. The Hall–Kier alpha value is -2.44. The van der Waals surface area contributed by atoms with Crippen LogP contribution < -0.4 is 5.32 Å². The van der Waals surface area contributed by atoms with Gasteiger partial charge in [-0.15, -0.1) is 10.2 Å². The van der Waals surface area contributed by atoms with Gasteiger partial charge >= 0.3 is 0 Å². The minimum atomic E-state index is 0.0417. The second-order valence-electron chi connectivity index (χ2n) is 5.01. The van der Waals surface area contributed by atoms with Gasteiger partial charge in [0, 0.05) is 6.42 Å². The molecule has 0 unspecified atom stereocenters. The number of furan rings is 1. The average Bonchev–Trinajstić information content (AvgIpc) is 3.05. The minimum absolute atomic E-state index is 0.0417. The van der Waals surface area contributed by atoms with Gasteiger partial charge in [-0.25, -0.2) is 0 Å². The first-order chi connectivity index (χ1) is 9.70. The number of hydrogen-bond acceptors (Lipinski definition) is 5. The molecule has 1 aliphatic carbocycles. The predicted molar refractivity (Wildman–Crippen MR) is 70.2 cm³/mol. The van der Waals surface area contributed by atoms with Crippen LogP contribution in [0, 0.1) is 5.92 Å². The maximum absolute atomic E-state index is 11.7. The lowest BCUT2D eigenvalue weighted by Gasteiger charge is -2.27. The molecule has 0 aliphatic heterocycles. The summed E-state index contributed by atoms with van der Waals surface area (Å²) in [5, 5.41) is 16.3. The molecule has 0 spiro atoms. The van der Waals surface area contributed by atoms with Crippen molar-refractivity contribution < 1.29 is 9.21 Å². The van der Waals surface area contributed by atoms with E-state index in [2.05, 4.69) is 32.5 Å². The van der Waals surface area contributed by atoms with Gasteiger partial charge in [-0.05, 0) is 36.1 Å². The molecular weight excluding hydrogens is 258 g/mol. The highest BCUT2D eigenvalue weighted by molar-refractivity contribution is 5.76. The molecule has 0 aromatic carbocycles. The number of aromatic nitrogens is 4. The Labute approximate surface area is 115 Å². The molecule has 0 saturated heterocycles. The quantitative estimate of drug-likeness (QED) is 0.803. The fourth-order valence-electron chi connectivity index (χ4n) is 2.28. The molecule has 1 fully saturated rings. The Kier molecular flexibility index (Phi) is 3.32. The lowest BCUT2D eigenvalue weighted by atomic mass is 9.79. The monoisotopic (exact) mass is 273 g/mol. The van der Waals surface area contributed by atoms with E-state index >= 15 is 0 Å². The van der Waals surface area contributed by atoms with Gasteiger partial charge in [0.2, 0.25) is 11.7 Å². The second kappa shape index (κ2) is 5.28. The van der Waals surface area contributed by atoms with Crippen molar-refractivity contribution in [1.29, 1.82) is 0 Å². The van der Waals surface area contributed by atoms with Crippen LogP contribution in [0.5, 0.6) is 0 Å². The Balaban J connectivity index is 1.49. The summed E-state index contributed by atoms with van der Waals surface area (Å²) in [6, 6.07) is 3.54. The van der Waals surface area contributed by atoms with Crippen LogP contribution in [-0.2, 0) is 11.3 Å². The number of carbonyl (C=O) groups is 1. The zero-order chi connectivity index (χ0) is 13.9. The Bertz CT molecular complexity index is 609. The third-order valence-corrected chi connectivity index (χ3v) is 3.32. The summed E-state index contributed by atoms with van der Waals surface area (Å²) in [5.41, 5.74) is 1.23. The molecule has 0 radical (unpaired) electrons. The third-order valence-electron chi connectivity index (χ3n) is 3.32. The van der Waals surface area contributed by atoms with Gasteiger partial charge in [0.1, 0.15) is 5.76 Å². The van der Waals surface area contributed by atoms with Gasteiger partial charge in [0.15, 0.2) is 5.76 Å². The SMILES string of the molecule is C=C1CC(CC(=O)NCc2ccc(-c3nn[nH]n3)o2)C1. The standard InChI is InChI=1S/C13H15N5O2/c1-8-4-9(5-8)6-12(19)14-7-10-2-3-11(20-10)13-15-17-18-16-13/h2-3,9H,1,4-7H2,(H,14,19)(H,15,16,17,18). The number of nitrogens with zero attached hydrogens (tertiary/aromatic N) is 3. The van der Waals surface area contributed by atoms with Crippen molar-refractivity contribution in [2.75, 3.05) is 0 Å². The van der Waals surface area contributed by atoms with Crippen molar-refractivity contribution in [3.8, 4) is 11.6 Å². The van der Waals surface area contributed by atoms with E-state index in [1.54, 1.807) is 12.1 Å². The van der Waals surface area contributed by atoms with E-state index in [-0.39, 0.29) is 5.91 Å². The highest BCUT2D eigenvalue weighted by atomic mass is 16.3. The molecule has 3 rings (SSSR count). The molecule has 2 heterocycles. The fraction of sp³-hybridized carbons (Fsp3) is 0.385. The predicted octanol–water partition coefficient (Wildman–Crippen LogP) is 1.43. The highest BCUT2D eigenvalue weighted by Gasteiger charge is 2.23. The summed E-state index contributed by atoms with van der Waals surface area (Å²) in [6.45, 7) is 4.24. The summed E-state index contributed by atoms with van der Waals surface area (Å²) >= 11 is 0. The Morgan fingerprint density at radius 2 is 2.35 bits per heavy atom. The highest BCUT2D eigenvalue weighted by Crippen LogP contribution is 2.33. The van der Waals surface area contributed by atoms with E-state index in [9.17, 15) is 4.79 Å². The van der Waals surface area contributed by atoms with Crippen molar-refractivity contribution >= 4 is 5.91 Å².